The van der Waals surface area contributed by atoms with Gasteiger partial charge in [0.1, 0.15) is 11.5 Å². The number of Topliss-reactive ketones (excluding diaryl/α,β-unsaturated/α-hetero) is 2. The summed E-state index contributed by atoms with van der Waals surface area (Å²) in [5.41, 5.74) is 7.95. The quantitative estimate of drug-likeness (QED) is 0.255. The van der Waals surface area contributed by atoms with Crippen LogP contribution in [0.5, 0.6) is 11.5 Å². The third-order valence-corrected chi connectivity index (χ3v) is 7.97. The van der Waals surface area contributed by atoms with Gasteiger partial charge in [-0.2, -0.15) is 0 Å². The first kappa shape index (κ1) is 26.4. The molecule has 43 heavy (non-hydrogen) atoms. The van der Waals surface area contributed by atoms with E-state index in [1.807, 2.05) is 31.2 Å². The third-order valence-electron chi connectivity index (χ3n) is 7.82. The Hall–Kier alpha value is -5.53. The zero-order valence-corrected chi connectivity index (χ0v) is 23.6. The number of benzene rings is 3. The smallest absolute Gasteiger partial charge is 0.196 e. The Kier molecular flexibility index (Phi) is 6.18. The van der Waals surface area contributed by atoms with E-state index in [2.05, 4.69) is 0 Å². The number of allylic oxidation sites excluding steroid dienone is 9. The van der Waals surface area contributed by atoms with Gasteiger partial charge >= 0.3 is 0 Å². The fraction of sp³-hybridized carbons (Fsp3) is 0.0278. The molecule has 7 rings (SSSR count). The Labute approximate surface area is 252 Å². The Morgan fingerprint density at radius 3 is 1.79 bits per heavy atom. The molecule has 206 valence electrons. The Bertz CT molecular complexity index is 2070. The molecule has 3 aromatic carbocycles. The van der Waals surface area contributed by atoms with Crippen molar-refractivity contribution in [3.05, 3.63) is 141 Å². The number of ketones is 2. The maximum absolute atomic E-state index is 14.4. The van der Waals surface area contributed by atoms with Crippen molar-refractivity contribution in [3.63, 3.8) is 0 Å². The second-order valence-corrected chi connectivity index (χ2v) is 10.7. The van der Waals surface area contributed by atoms with Gasteiger partial charge in [0.2, 0.25) is 0 Å². The molecule has 0 atom stereocenters. The van der Waals surface area contributed by atoms with Crippen LogP contribution >= 0.6 is 12.2 Å². The molecule has 0 amide bonds. The summed E-state index contributed by atoms with van der Waals surface area (Å²) in [5.74, 6) is -0.362. The van der Waals surface area contributed by atoms with E-state index in [0.29, 0.717) is 56.1 Å². The van der Waals surface area contributed by atoms with Gasteiger partial charge in [-0.25, -0.2) is 9.98 Å². The summed E-state index contributed by atoms with van der Waals surface area (Å²) in [6, 6.07) is 20.7. The highest BCUT2D eigenvalue weighted by Crippen LogP contribution is 2.50. The molecule has 0 unspecified atom stereocenters. The molecule has 0 spiro atoms. The van der Waals surface area contributed by atoms with Gasteiger partial charge in [-0.1, -0.05) is 54.7 Å². The number of carbonyl (C=O) groups excluding carboxylic acids is 2. The molecule has 6 nitrogen and oxygen atoms in total. The number of nitrogens with zero attached hydrogens (tertiary/aromatic N) is 2. The van der Waals surface area contributed by atoms with E-state index in [9.17, 15) is 19.8 Å². The van der Waals surface area contributed by atoms with Gasteiger partial charge in [-0.15, -0.1) is 0 Å². The number of hydrogen-bond acceptors (Lipinski definition) is 7. The average molecular weight is 579 g/mol. The van der Waals surface area contributed by atoms with Gasteiger partial charge in [0.15, 0.2) is 11.6 Å². The minimum absolute atomic E-state index is 0.117. The maximum Gasteiger partial charge on any atom is 0.196 e. The summed E-state index contributed by atoms with van der Waals surface area (Å²) < 4.78 is 0. The highest BCUT2D eigenvalue weighted by molar-refractivity contribution is 7.79. The van der Waals surface area contributed by atoms with E-state index < -0.39 is 0 Å². The van der Waals surface area contributed by atoms with Crippen LogP contribution in [-0.4, -0.2) is 38.6 Å². The van der Waals surface area contributed by atoms with Crippen molar-refractivity contribution >= 4 is 64.0 Å². The molecule has 2 aliphatic heterocycles. The number of fused-ring (bicyclic) bond motifs is 4. The number of rotatable bonds is 5. The van der Waals surface area contributed by atoms with E-state index in [0.717, 1.165) is 22.4 Å². The van der Waals surface area contributed by atoms with Crippen LogP contribution in [0.15, 0.2) is 134 Å². The van der Waals surface area contributed by atoms with Gasteiger partial charge in [0, 0.05) is 44.4 Å². The van der Waals surface area contributed by atoms with Crippen molar-refractivity contribution in [1.29, 1.82) is 0 Å². The number of phenolic OH excluding ortho intramolecular Hbond substituents is 2. The molecule has 2 N–H and O–H groups in total. The lowest BCUT2D eigenvalue weighted by Crippen LogP contribution is -2.11. The van der Waals surface area contributed by atoms with E-state index in [-0.39, 0.29) is 23.1 Å². The summed E-state index contributed by atoms with van der Waals surface area (Å²) >= 11 is 4.99. The number of hydrogen-bond donors (Lipinski definition) is 2. The molecule has 3 aromatic rings. The van der Waals surface area contributed by atoms with Gasteiger partial charge in [0.05, 0.1) is 22.8 Å². The molecule has 2 heterocycles. The second kappa shape index (κ2) is 10.1. The van der Waals surface area contributed by atoms with Crippen molar-refractivity contribution in [2.75, 3.05) is 0 Å². The Morgan fingerprint density at radius 2 is 1.21 bits per heavy atom. The molecule has 7 heteroatoms. The van der Waals surface area contributed by atoms with Crippen molar-refractivity contribution in [2.45, 2.75) is 6.92 Å². The van der Waals surface area contributed by atoms with E-state index in [1.165, 1.54) is 5.37 Å². The Morgan fingerprint density at radius 1 is 0.674 bits per heavy atom. The lowest BCUT2D eigenvalue weighted by Gasteiger charge is -2.08. The molecular formula is C36H22N2O4S. The van der Waals surface area contributed by atoms with Crippen LogP contribution < -0.4 is 0 Å². The normalized spacial score (nSPS) is 19.2. The van der Waals surface area contributed by atoms with Crippen molar-refractivity contribution in [2.24, 2.45) is 9.98 Å². The first-order chi connectivity index (χ1) is 20.9. The number of thiocarbonyl (C=S) groups is 1. The number of aliphatic imine (C=N–C) groups is 2. The zero-order valence-electron chi connectivity index (χ0n) is 22.8. The van der Waals surface area contributed by atoms with Crippen LogP contribution in [0, 0.1) is 0 Å². The molecule has 0 radical (unpaired) electrons. The zero-order chi connectivity index (χ0) is 29.8. The van der Waals surface area contributed by atoms with Gasteiger partial charge in [0.25, 0.3) is 0 Å². The number of para-hydroxylation sites is 1. The van der Waals surface area contributed by atoms with Crippen LogP contribution in [0.4, 0.5) is 5.69 Å². The van der Waals surface area contributed by atoms with Gasteiger partial charge < -0.3 is 10.2 Å². The van der Waals surface area contributed by atoms with Crippen LogP contribution in [0.2, 0.25) is 0 Å². The number of aromatic hydroxyl groups is 2. The van der Waals surface area contributed by atoms with Gasteiger partial charge in [-0.05, 0) is 78.3 Å². The molecule has 0 saturated heterocycles. The van der Waals surface area contributed by atoms with E-state index in [4.69, 9.17) is 22.2 Å². The second-order valence-electron chi connectivity index (χ2n) is 10.4. The highest BCUT2D eigenvalue weighted by Gasteiger charge is 2.47. The molecular weight excluding hydrogens is 556 g/mol. The first-order valence-electron chi connectivity index (χ1n) is 13.6. The van der Waals surface area contributed by atoms with Crippen molar-refractivity contribution < 1.29 is 19.8 Å². The summed E-state index contributed by atoms with van der Waals surface area (Å²) in [4.78, 5) is 38.5. The fourth-order valence-electron chi connectivity index (χ4n) is 5.82. The van der Waals surface area contributed by atoms with Crippen LogP contribution in [-0.2, 0) is 9.59 Å². The molecule has 0 aromatic heterocycles. The van der Waals surface area contributed by atoms with Gasteiger partial charge in [-0.3, -0.25) is 9.59 Å². The minimum Gasteiger partial charge on any atom is -0.508 e. The van der Waals surface area contributed by atoms with Crippen molar-refractivity contribution in [3.8, 4) is 11.5 Å². The predicted molar refractivity (Wildman–Crippen MR) is 173 cm³/mol. The third kappa shape index (κ3) is 4.21. The molecule has 0 bridgehead atoms. The monoisotopic (exact) mass is 578 g/mol. The van der Waals surface area contributed by atoms with E-state index >= 15 is 0 Å². The lowest BCUT2D eigenvalue weighted by atomic mass is 9.91. The maximum atomic E-state index is 14.4. The molecule has 2 aliphatic carbocycles. The SMILES string of the molecule is CC1=C(/C=C\C=S)N=C2C1=C(C1=C3C(=Nc4ccccc43)/C(=C\c3ccc(O)cc3)C1=O)C(=O)/C2=C/c1ccc(O)cc1. The predicted octanol–water partition coefficient (Wildman–Crippen LogP) is 6.85. The van der Waals surface area contributed by atoms with E-state index in [1.54, 1.807) is 72.8 Å². The molecule has 0 fully saturated rings. The highest BCUT2D eigenvalue weighted by atomic mass is 32.1. The fourth-order valence-corrected chi connectivity index (χ4v) is 5.90. The summed E-state index contributed by atoms with van der Waals surface area (Å²) in [6.07, 6.45) is 6.99. The number of phenols is 2. The lowest BCUT2D eigenvalue weighted by molar-refractivity contribution is -0.114. The first-order valence-corrected chi connectivity index (χ1v) is 14.0. The average Bonchev–Trinajstić information content (AvgIpc) is 3.69. The summed E-state index contributed by atoms with van der Waals surface area (Å²) in [7, 11) is 0. The van der Waals surface area contributed by atoms with Crippen molar-refractivity contribution in [1.82, 2.24) is 0 Å². The molecule has 0 saturated carbocycles. The molecule has 4 aliphatic rings. The summed E-state index contributed by atoms with van der Waals surface area (Å²) in [5, 5.41) is 21.0. The topological polar surface area (TPSA) is 99.3 Å². The number of carbonyl (C=O) groups is 2. The summed E-state index contributed by atoms with van der Waals surface area (Å²) in [6.45, 7) is 1.89. The van der Waals surface area contributed by atoms with Crippen LogP contribution in [0.3, 0.4) is 0 Å². The Balaban J connectivity index is 1.48. The largest absolute Gasteiger partial charge is 0.508 e. The minimum atomic E-state index is -0.301. The van der Waals surface area contributed by atoms with Crippen LogP contribution in [0.25, 0.3) is 17.7 Å². The van der Waals surface area contributed by atoms with Crippen LogP contribution in [0.1, 0.15) is 23.6 Å². The standard InChI is InChI=1S/C36H22N2O4S/c1-19-27(7-4-16-43)37-33-25(17-20-8-12-22(39)13-9-20)35(41)31(29(19)33)32-30-24-5-2-3-6-28(24)38-34(30)26(36(32)42)18-21-10-14-23(40)15-11-21/h2-18,39-40H,1H3/b7-4-,25-17+,26-18+.